The standard InChI is InChI=1S/C38H32F2N4O5/c1-38(37(46)43(2)30-10-5-6-11-31(30)49-38)24-15-12-22(13-16-24)18-28-34-29(42-35(41-28)33-26(39)8-7-9-27(33)40)21-44(36(34)45)20-23-14-17-25(47-3)19-32(23)48-4/h5-17,19H,18,20-21H2,1-4H3. The summed E-state index contributed by atoms with van der Waals surface area (Å²) in [5, 5.41) is 0. The molecule has 1 aromatic heterocycles. The van der Waals surface area contributed by atoms with Gasteiger partial charge in [-0.25, -0.2) is 18.7 Å². The van der Waals surface area contributed by atoms with Gasteiger partial charge in [-0.05, 0) is 48.9 Å². The summed E-state index contributed by atoms with van der Waals surface area (Å²) in [6.45, 7) is 2.03. The van der Waals surface area contributed by atoms with Gasteiger partial charge in [0.05, 0.1) is 55.5 Å². The quantitative estimate of drug-likeness (QED) is 0.188. The average molecular weight is 663 g/mol. The number of likely N-dealkylation sites (N-methyl/N-ethyl adjacent to an activating group) is 1. The van der Waals surface area contributed by atoms with E-state index in [-0.39, 0.29) is 48.3 Å². The van der Waals surface area contributed by atoms with E-state index in [9.17, 15) is 18.4 Å². The van der Waals surface area contributed by atoms with Crippen LogP contribution in [0.25, 0.3) is 11.4 Å². The van der Waals surface area contributed by atoms with Crippen LogP contribution >= 0.6 is 0 Å². The molecule has 4 aromatic carbocycles. The largest absolute Gasteiger partial charge is 0.497 e. The van der Waals surface area contributed by atoms with Gasteiger partial charge in [-0.2, -0.15) is 0 Å². The lowest BCUT2D eigenvalue weighted by Gasteiger charge is -2.39. The number of aromatic nitrogens is 2. The molecule has 5 aromatic rings. The summed E-state index contributed by atoms with van der Waals surface area (Å²) in [6, 6.07) is 23.5. The Bertz CT molecular complexity index is 2100. The van der Waals surface area contributed by atoms with Gasteiger partial charge in [-0.1, -0.05) is 42.5 Å². The SMILES string of the molecule is COc1ccc(CN2Cc3nc(-c4c(F)cccc4F)nc(Cc4ccc(C5(C)Oc6ccccc6N(C)C5=O)cc4)c3C2=O)c(OC)c1. The van der Waals surface area contributed by atoms with Crippen LogP contribution in [0.2, 0.25) is 0 Å². The Balaban J connectivity index is 1.24. The fourth-order valence-electron chi connectivity index (χ4n) is 6.43. The molecule has 1 unspecified atom stereocenters. The highest BCUT2D eigenvalue weighted by Gasteiger charge is 2.45. The fourth-order valence-corrected chi connectivity index (χ4v) is 6.43. The van der Waals surface area contributed by atoms with Crippen molar-refractivity contribution in [3.8, 4) is 28.6 Å². The van der Waals surface area contributed by atoms with Gasteiger partial charge in [0.15, 0.2) is 5.82 Å². The Hall–Kier alpha value is -5.84. The molecule has 0 N–H and O–H groups in total. The molecule has 7 rings (SSSR count). The maximum Gasteiger partial charge on any atom is 0.275 e. The second-order valence-electron chi connectivity index (χ2n) is 12.1. The summed E-state index contributed by atoms with van der Waals surface area (Å²) in [5.74, 6) is -0.541. The Morgan fingerprint density at radius 2 is 1.61 bits per heavy atom. The van der Waals surface area contributed by atoms with Gasteiger partial charge in [0, 0.05) is 30.7 Å². The molecule has 1 atom stereocenters. The molecule has 2 aliphatic heterocycles. The van der Waals surface area contributed by atoms with E-state index in [1.54, 1.807) is 55.1 Å². The van der Waals surface area contributed by atoms with Crippen molar-refractivity contribution >= 4 is 17.5 Å². The number of para-hydroxylation sites is 2. The van der Waals surface area contributed by atoms with Gasteiger partial charge in [0.1, 0.15) is 28.9 Å². The molecule has 248 valence electrons. The van der Waals surface area contributed by atoms with E-state index in [1.807, 2.05) is 42.5 Å². The number of carbonyl (C=O) groups is 2. The number of carbonyl (C=O) groups excluding carboxylic acids is 2. The molecule has 2 amide bonds. The number of anilines is 1. The van der Waals surface area contributed by atoms with Crippen LogP contribution in [-0.2, 0) is 29.9 Å². The zero-order valence-corrected chi connectivity index (χ0v) is 27.3. The van der Waals surface area contributed by atoms with Crippen molar-refractivity contribution in [1.29, 1.82) is 0 Å². The fraction of sp³-hybridized carbons (Fsp3) is 0.211. The molecule has 3 heterocycles. The van der Waals surface area contributed by atoms with E-state index in [0.717, 1.165) is 23.3 Å². The highest BCUT2D eigenvalue weighted by atomic mass is 19.1. The summed E-state index contributed by atoms with van der Waals surface area (Å²) >= 11 is 0. The molecule has 0 radical (unpaired) electrons. The van der Waals surface area contributed by atoms with Crippen LogP contribution in [0.5, 0.6) is 17.2 Å². The van der Waals surface area contributed by atoms with E-state index in [4.69, 9.17) is 14.2 Å². The number of amides is 2. The lowest BCUT2D eigenvalue weighted by molar-refractivity contribution is -0.134. The zero-order chi connectivity index (χ0) is 34.4. The number of methoxy groups -OCH3 is 2. The van der Waals surface area contributed by atoms with Gasteiger partial charge in [0.25, 0.3) is 11.8 Å². The molecule has 9 nitrogen and oxygen atoms in total. The summed E-state index contributed by atoms with van der Waals surface area (Å²) < 4.78 is 47.1. The molecule has 0 bridgehead atoms. The molecular weight excluding hydrogens is 630 g/mol. The predicted molar refractivity (Wildman–Crippen MR) is 178 cm³/mol. The maximum atomic E-state index is 15.0. The lowest BCUT2D eigenvalue weighted by atomic mass is 9.91. The Kier molecular flexibility index (Phi) is 7.98. The van der Waals surface area contributed by atoms with Crippen LogP contribution in [0, 0.1) is 11.6 Å². The molecule has 0 saturated heterocycles. The van der Waals surface area contributed by atoms with E-state index >= 15 is 0 Å². The number of fused-ring (bicyclic) bond motifs is 2. The predicted octanol–water partition coefficient (Wildman–Crippen LogP) is 6.46. The number of hydrogen-bond acceptors (Lipinski definition) is 7. The van der Waals surface area contributed by atoms with Crippen molar-refractivity contribution in [2.45, 2.75) is 32.0 Å². The van der Waals surface area contributed by atoms with E-state index in [2.05, 4.69) is 9.97 Å². The Labute approximate surface area is 281 Å². The van der Waals surface area contributed by atoms with Gasteiger partial charge in [-0.15, -0.1) is 0 Å². The summed E-state index contributed by atoms with van der Waals surface area (Å²) in [4.78, 5) is 39.7. The van der Waals surface area contributed by atoms with Crippen molar-refractivity contribution < 1.29 is 32.6 Å². The van der Waals surface area contributed by atoms with Gasteiger partial charge < -0.3 is 24.0 Å². The van der Waals surface area contributed by atoms with Crippen LogP contribution in [0.3, 0.4) is 0 Å². The summed E-state index contributed by atoms with van der Waals surface area (Å²) in [7, 11) is 4.81. The number of hydrogen-bond donors (Lipinski definition) is 0. The summed E-state index contributed by atoms with van der Waals surface area (Å²) in [6.07, 6.45) is 0.161. The minimum absolute atomic E-state index is 0.105. The van der Waals surface area contributed by atoms with Crippen molar-refractivity contribution in [3.05, 3.63) is 130 Å². The Morgan fingerprint density at radius 1 is 0.878 bits per heavy atom. The van der Waals surface area contributed by atoms with E-state index < -0.39 is 17.2 Å². The van der Waals surface area contributed by atoms with Crippen LogP contribution in [0.1, 0.15) is 45.4 Å². The molecule has 0 spiro atoms. The van der Waals surface area contributed by atoms with Crippen LogP contribution in [0.4, 0.5) is 14.5 Å². The minimum atomic E-state index is -1.27. The zero-order valence-electron chi connectivity index (χ0n) is 27.3. The van der Waals surface area contributed by atoms with Crippen LogP contribution in [0.15, 0.2) is 84.9 Å². The van der Waals surface area contributed by atoms with Gasteiger partial charge in [0.2, 0.25) is 5.60 Å². The van der Waals surface area contributed by atoms with Gasteiger partial charge >= 0.3 is 0 Å². The molecule has 2 aliphatic rings. The molecule has 0 saturated carbocycles. The second-order valence-corrected chi connectivity index (χ2v) is 12.1. The first-order chi connectivity index (χ1) is 23.6. The number of ether oxygens (including phenoxy) is 3. The molecule has 0 aliphatic carbocycles. The molecule has 11 heteroatoms. The molecular formula is C38H32F2N4O5. The molecule has 49 heavy (non-hydrogen) atoms. The number of halogens is 2. The van der Waals surface area contributed by atoms with Crippen molar-refractivity contribution in [2.24, 2.45) is 0 Å². The average Bonchev–Trinajstić information content (AvgIpc) is 3.42. The topological polar surface area (TPSA) is 94.1 Å². The van der Waals surface area contributed by atoms with Crippen molar-refractivity contribution in [1.82, 2.24) is 14.9 Å². The third-order valence-electron chi connectivity index (χ3n) is 9.07. The van der Waals surface area contributed by atoms with Crippen molar-refractivity contribution in [3.63, 3.8) is 0 Å². The van der Waals surface area contributed by atoms with E-state index in [1.165, 1.54) is 13.2 Å². The first kappa shape index (κ1) is 31.7. The number of nitrogens with zero attached hydrogens (tertiary/aromatic N) is 4. The van der Waals surface area contributed by atoms with Crippen LogP contribution in [-0.4, -0.2) is 47.9 Å². The minimum Gasteiger partial charge on any atom is -0.497 e. The van der Waals surface area contributed by atoms with Crippen LogP contribution < -0.4 is 19.1 Å². The monoisotopic (exact) mass is 662 g/mol. The van der Waals surface area contributed by atoms with Crippen molar-refractivity contribution in [2.75, 3.05) is 26.2 Å². The second kappa shape index (κ2) is 12.3. The van der Waals surface area contributed by atoms with Gasteiger partial charge in [-0.3, -0.25) is 9.59 Å². The lowest BCUT2D eigenvalue weighted by Crippen LogP contribution is -2.50. The normalized spacial score (nSPS) is 16.7. The highest BCUT2D eigenvalue weighted by Crippen LogP contribution is 2.41. The third-order valence-corrected chi connectivity index (χ3v) is 9.07. The maximum absolute atomic E-state index is 15.0. The number of rotatable bonds is 8. The van der Waals surface area contributed by atoms with E-state index in [0.29, 0.717) is 39.9 Å². The third kappa shape index (κ3) is 5.50. The first-order valence-electron chi connectivity index (χ1n) is 15.6. The first-order valence-corrected chi connectivity index (χ1v) is 15.6. The Morgan fingerprint density at radius 3 is 2.33 bits per heavy atom. The summed E-state index contributed by atoms with van der Waals surface area (Å²) in [5.41, 5.74) is 2.17. The smallest absolute Gasteiger partial charge is 0.275 e. The molecule has 0 fully saturated rings. The highest BCUT2D eigenvalue weighted by molar-refractivity contribution is 6.02. The number of benzene rings is 4.